The first-order valence-corrected chi connectivity index (χ1v) is 12.9. The van der Waals surface area contributed by atoms with Crippen LogP contribution < -0.4 is 5.32 Å². The molecule has 2 saturated heterocycles. The molecule has 0 radical (unpaired) electrons. The number of likely N-dealkylation sites (tertiary alicyclic amines) is 1. The highest BCUT2D eigenvalue weighted by atomic mass is 35.5. The summed E-state index contributed by atoms with van der Waals surface area (Å²) < 4.78 is 10.7. The summed E-state index contributed by atoms with van der Waals surface area (Å²) in [6.07, 6.45) is 1.55. The van der Waals surface area contributed by atoms with Crippen molar-refractivity contribution in [3.63, 3.8) is 0 Å². The maximum absolute atomic E-state index is 12.9. The molecule has 12 nitrogen and oxygen atoms in total. The number of thioether (sulfide) groups is 1. The highest BCUT2D eigenvalue weighted by Gasteiger charge is 2.39. The second-order valence-corrected chi connectivity index (χ2v) is 10.8. The van der Waals surface area contributed by atoms with Crippen molar-refractivity contribution in [3.05, 3.63) is 27.7 Å². The highest BCUT2D eigenvalue weighted by molar-refractivity contribution is 8.18. The number of carbonyl (C=O) groups excluding carboxylic acids is 5. The molecule has 2 fully saturated rings. The van der Waals surface area contributed by atoms with Gasteiger partial charge in [0.15, 0.2) is 11.0 Å². The number of aromatic amines is 1. The molecule has 14 heteroatoms. The van der Waals surface area contributed by atoms with E-state index in [0.29, 0.717) is 30.3 Å². The standard InChI is InChI=1S/C23H30ClN5O7S/c1-6-12-18(24)27-19(25-12)20(32)26-13-7-8-28(10-14(13)35-5)16(30)9-15-21(33)29(22(34)37-15)11-17(31)36-23(2,3)4/h9,13-14H,6-8,10-11H2,1-5H3,(H,25,27)(H,26,32)/b15-9-/t13-,14+/m0/s1. The largest absolute Gasteiger partial charge is 0.459 e. The van der Waals surface area contributed by atoms with Gasteiger partial charge in [0.25, 0.3) is 17.1 Å². The summed E-state index contributed by atoms with van der Waals surface area (Å²) in [5.41, 5.74) is -0.108. The van der Waals surface area contributed by atoms with E-state index in [9.17, 15) is 24.0 Å². The molecule has 0 aliphatic carbocycles. The number of imide groups is 1. The van der Waals surface area contributed by atoms with E-state index < -0.39 is 53.2 Å². The Bertz CT molecular complexity index is 1130. The zero-order valence-electron chi connectivity index (χ0n) is 21.3. The highest BCUT2D eigenvalue weighted by Crippen LogP contribution is 2.31. The van der Waals surface area contributed by atoms with Gasteiger partial charge in [0.1, 0.15) is 12.1 Å². The molecule has 3 rings (SSSR count). The van der Waals surface area contributed by atoms with Crippen molar-refractivity contribution in [1.82, 2.24) is 25.1 Å². The lowest BCUT2D eigenvalue weighted by atomic mass is 10.0. The van der Waals surface area contributed by atoms with Crippen LogP contribution in [-0.4, -0.2) is 93.2 Å². The Hall–Kier alpha value is -2.90. The summed E-state index contributed by atoms with van der Waals surface area (Å²) in [5, 5.41) is 2.45. The molecule has 202 valence electrons. The minimum absolute atomic E-state index is 0.0793. The first-order valence-electron chi connectivity index (χ1n) is 11.7. The average Bonchev–Trinajstić information content (AvgIpc) is 3.32. The van der Waals surface area contributed by atoms with Gasteiger partial charge < -0.3 is 24.7 Å². The molecule has 2 N–H and O–H groups in total. The van der Waals surface area contributed by atoms with Gasteiger partial charge in [-0.1, -0.05) is 18.5 Å². The number of ether oxygens (including phenoxy) is 2. The second kappa shape index (κ2) is 11.7. The number of halogens is 1. The summed E-state index contributed by atoms with van der Waals surface area (Å²) in [7, 11) is 1.47. The Labute approximate surface area is 223 Å². The molecule has 0 bridgehead atoms. The monoisotopic (exact) mass is 555 g/mol. The van der Waals surface area contributed by atoms with Crippen LogP contribution in [0.3, 0.4) is 0 Å². The molecule has 1 aromatic rings. The van der Waals surface area contributed by atoms with Crippen LogP contribution in [0.15, 0.2) is 11.0 Å². The number of aryl methyl sites for hydroxylation is 1. The van der Waals surface area contributed by atoms with Gasteiger partial charge in [0.05, 0.1) is 22.7 Å². The fourth-order valence-electron chi connectivity index (χ4n) is 3.83. The Morgan fingerprint density at radius 1 is 1.30 bits per heavy atom. The van der Waals surface area contributed by atoms with Crippen molar-refractivity contribution in [2.45, 2.75) is 58.3 Å². The lowest BCUT2D eigenvalue weighted by Gasteiger charge is -2.37. The van der Waals surface area contributed by atoms with E-state index in [1.54, 1.807) is 20.8 Å². The summed E-state index contributed by atoms with van der Waals surface area (Å²) in [5.74, 6) is -2.29. The molecule has 3 heterocycles. The van der Waals surface area contributed by atoms with Crippen molar-refractivity contribution in [2.75, 3.05) is 26.7 Å². The third kappa shape index (κ3) is 7.11. The van der Waals surface area contributed by atoms with Crippen LogP contribution in [0.5, 0.6) is 0 Å². The van der Waals surface area contributed by atoms with Crippen molar-refractivity contribution in [3.8, 4) is 0 Å². The molecular weight excluding hydrogens is 526 g/mol. The number of esters is 1. The Balaban J connectivity index is 1.60. The number of nitrogens with one attached hydrogen (secondary N) is 2. The number of hydrogen-bond donors (Lipinski definition) is 2. The number of methoxy groups -OCH3 is 1. The zero-order chi connectivity index (χ0) is 27.5. The van der Waals surface area contributed by atoms with Gasteiger partial charge in [-0.25, -0.2) is 4.98 Å². The second-order valence-electron chi connectivity index (χ2n) is 9.49. The van der Waals surface area contributed by atoms with Gasteiger partial charge in [0, 0.05) is 26.3 Å². The number of amides is 4. The fraction of sp³-hybridized carbons (Fsp3) is 0.565. The quantitative estimate of drug-likeness (QED) is 0.379. The average molecular weight is 556 g/mol. The summed E-state index contributed by atoms with van der Waals surface area (Å²) in [6, 6.07) is -0.392. The van der Waals surface area contributed by atoms with Crippen molar-refractivity contribution in [2.24, 2.45) is 0 Å². The molecule has 0 unspecified atom stereocenters. The van der Waals surface area contributed by atoms with Gasteiger partial charge in [0.2, 0.25) is 5.91 Å². The molecule has 1 aromatic heterocycles. The number of nitrogens with zero attached hydrogens (tertiary/aromatic N) is 3. The molecule has 37 heavy (non-hydrogen) atoms. The maximum atomic E-state index is 12.9. The predicted octanol–water partition coefficient (Wildman–Crippen LogP) is 1.89. The summed E-state index contributed by atoms with van der Waals surface area (Å²) in [4.78, 5) is 71.6. The van der Waals surface area contributed by atoms with Crippen molar-refractivity contribution < 1.29 is 33.4 Å². The minimum Gasteiger partial charge on any atom is -0.459 e. The van der Waals surface area contributed by atoms with E-state index >= 15 is 0 Å². The SMILES string of the molecule is CCc1[nH]c(C(=O)N[C@H]2CCN(C(=O)/C=C3\SC(=O)N(CC(=O)OC(C)(C)C)C3=O)C[C@H]2OC)nc1Cl. The van der Waals surface area contributed by atoms with E-state index in [2.05, 4.69) is 15.3 Å². The van der Waals surface area contributed by atoms with Crippen LogP contribution >= 0.6 is 23.4 Å². The predicted molar refractivity (Wildman–Crippen MR) is 135 cm³/mol. The van der Waals surface area contributed by atoms with Gasteiger partial charge in [-0.3, -0.25) is 28.9 Å². The number of piperidine rings is 1. The van der Waals surface area contributed by atoms with Crippen molar-refractivity contribution >= 4 is 52.3 Å². The molecule has 0 saturated carbocycles. The first kappa shape index (κ1) is 28.7. The number of imidazole rings is 1. The van der Waals surface area contributed by atoms with E-state index in [1.807, 2.05) is 6.92 Å². The molecule has 0 spiro atoms. The minimum atomic E-state index is -0.766. The van der Waals surface area contributed by atoms with Crippen LogP contribution in [0.2, 0.25) is 5.15 Å². The van der Waals surface area contributed by atoms with Gasteiger partial charge >= 0.3 is 5.97 Å². The Morgan fingerprint density at radius 2 is 2.00 bits per heavy atom. The zero-order valence-corrected chi connectivity index (χ0v) is 22.8. The van der Waals surface area contributed by atoms with Crippen LogP contribution in [-0.2, 0) is 30.3 Å². The summed E-state index contributed by atoms with van der Waals surface area (Å²) >= 11 is 6.61. The van der Waals surface area contributed by atoms with Gasteiger partial charge in [-0.15, -0.1) is 0 Å². The number of aromatic nitrogens is 2. The smallest absolute Gasteiger partial charge is 0.326 e. The number of hydrogen-bond acceptors (Lipinski definition) is 9. The van der Waals surface area contributed by atoms with E-state index in [0.717, 1.165) is 11.0 Å². The molecule has 2 aliphatic heterocycles. The fourth-order valence-corrected chi connectivity index (χ4v) is 4.90. The van der Waals surface area contributed by atoms with E-state index in [1.165, 1.54) is 12.0 Å². The third-order valence-electron chi connectivity index (χ3n) is 5.62. The van der Waals surface area contributed by atoms with Crippen LogP contribution in [0, 0.1) is 0 Å². The number of H-pyrrole nitrogens is 1. The van der Waals surface area contributed by atoms with Gasteiger partial charge in [-0.2, -0.15) is 0 Å². The molecular formula is C23H30ClN5O7S. The molecule has 0 aromatic carbocycles. The van der Waals surface area contributed by atoms with Crippen LogP contribution in [0.25, 0.3) is 0 Å². The number of carbonyl (C=O) groups is 5. The van der Waals surface area contributed by atoms with Crippen LogP contribution in [0.4, 0.5) is 4.79 Å². The molecule has 2 aliphatic rings. The topological polar surface area (TPSA) is 151 Å². The molecule has 2 atom stereocenters. The third-order valence-corrected chi connectivity index (χ3v) is 6.84. The van der Waals surface area contributed by atoms with Gasteiger partial charge in [-0.05, 0) is 45.4 Å². The lowest BCUT2D eigenvalue weighted by molar-refractivity contribution is -0.156. The van der Waals surface area contributed by atoms with E-state index in [4.69, 9.17) is 21.1 Å². The van der Waals surface area contributed by atoms with Crippen molar-refractivity contribution in [1.29, 1.82) is 0 Å². The lowest BCUT2D eigenvalue weighted by Crippen LogP contribution is -2.56. The maximum Gasteiger partial charge on any atom is 0.326 e. The normalized spacial score (nSPS) is 21.5. The first-order chi connectivity index (χ1) is 17.3. The summed E-state index contributed by atoms with van der Waals surface area (Å²) in [6.45, 7) is 6.80. The van der Waals surface area contributed by atoms with E-state index in [-0.39, 0.29) is 29.0 Å². The van der Waals surface area contributed by atoms with Crippen LogP contribution in [0.1, 0.15) is 50.4 Å². The Kier molecular flexibility index (Phi) is 9.03. The molecule has 4 amide bonds. The number of rotatable bonds is 7. The Morgan fingerprint density at radius 3 is 2.59 bits per heavy atom.